The van der Waals surface area contributed by atoms with Gasteiger partial charge in [-0.25, -0.2) is 0 Å². The quantitative estimate of drug-likeness (QED) is 0.508. The molecule has 1 aliphatic rings. The van der Waals surface area contributed by atoms with Crippen LogP contribution >= 0.6 is 11.6 Å². The summed E-state index contributed by atoms with van der Waals surface area (Å²) in [5.41, 5.74) is 3.54. The van der Waals surface area contributed by atoms with Crippen molar-refractivity contribution in [3.8, 4) is 11.5 Å². The molecule has 0 saturated heterocycles. The third-order valence-corrected chi connectivity index (χ3v) is 5.60. The van der Waals surface area contributed by atoms with E-state index in [0.29, 0.717) is 53.9 Å². The van der Waals surface area contributed by atoms with Crippen LogP contribution in [0.3, 0.4) is 0 Å². The van der Waals surface area contributed by atoms with Crippen molar-refractivity contribution in [2.45, 2.75) is 19.8 Å². The number of halogens is 1. The number of aryl methyl sites for hydroxylation is 2. The third kappa shape index (κ3) is 6.05. The van der Waals surface area contributed by atoms with E-state index in [-0.39, 0.29) is 18.4 Å². The van der Waals surface area contributed by atoms with Gasteiger partial charge in [-0.3, -0.25) is 9.59 Å². The van der Waals surface area contributed by atoms with Gasteiger partial charge in [0.2, 0.25) is 5.91 Å². The highest BCUT2D eigenvalue weighted by Crippen LogP contribution is 2.34. The fourth-order valence-corrected chi connectivity index (χ4v) is 3.67. The Labute approximate surface area is 198 Å². The van der Waals surface area contributed by atoms with Crippen LogP contribution in [0.2, 0.25) is 5.02 Å². The molecule has 1 heterocycles. The van der Waals surface area contributed by atoms with Gasteiger partial charge in [0.15, 0.2) is 6.61 Å². The summed E-state index contributed by atoms with van der Waals surface area (Å²) in [7, 11) is 0. The van der Waals surface area contributed by atoms with Gasteiger partial charge in [0.1, 0.15) is 18.1 Å². The van der Waals surface area contributed by atoms with E-state index in [9.17, 15) is 9.59 Å². The largest absolute Gasteiger partial charge is 0.492 e. The minimum Gasteiger partial charge on any atom is -0.492 e. The van der Waals surface area contributed by atoms with Gasteiger partial charge in [0, 0.05) is 17.1 Å². The lowest BCUT2D eigenvalue weighted by molar-refractivity contribution is -0.121. The Hall–Kier alpha value is -3.51. The Morgan fingerprint density at radius 3 is 2.61 bits per heavy atom. The fraction of sp³-hybridized carbons (Fsp3) is 0.231. The molecule has 4 rings (SSSR count). The Morgan fingerprint density at radius 2 is 1.85 bits per heavy atom. The third-order valence-electron chi connectivity index (χ3n) is 5.34. The first kappa shape index (κ1) is 22.7. The van der Waals surface area contributed by atoms with Crippen molar-refractivity contribution < 1.29 is 19.1 Å². The maximum Gasteiger partial charge on any atom is 0.265 e. The van der Waals surface area contributed by atoms with Crippen LogP contribution in [0.4, 0.5) is 11.4 Å². The summed E-state index contributed by atoms with van der Waals surface area (Å²) in [6.45, 7) is 2.66. The number of rotatable bonds is 8. The van der Waals surface area contributed by atoms with Crippen molar-refractivity contribution in [3.63, 3.8) is 0 Å². The minimum atomic E-state index is -0.162. The number of hydrogen-bond donors (Lipinski definition) is 1. The summed E-state index contributed by atoms with van der Waals surface area (Å²) in [5, 5.41) is 3.55. The highest BCUT2D eigenvalue weighted by Gasteiger charge is 2.26. The standard InChI is InChI=1S/C26H25ClN2O4/c1-18-2-4-19(5-3-18)6-13-25(30)28-21-9-12-24-23(16-21)29(26(31)17-33-24)14-15-32-22-10-7-20(27)8-11-22/h2-5,7-12,16H,6,13-15,17H2,1H3,(H,28,30). The van der Waals surface area contributed by atoms with Gasteiger partial charge in [0.05, 0.1) is 12.2 Å². The second kappa shape index (κ2) is 10.4. The maximum atomic E-state index is 12.5. The van der Waals surface area contributed by atoms with Gasteiger partial charge >= 0.3 is 0 Å². The van der Waals surface area contributed by atoms with E-state index in [2.05, 4.69) is 5.32 Å². The predicted octanol–water partition coefficient (Wildman–Crippen LogP) is 5.02. The van der Waals surface area contributed by atoms with Crippen LogP contribution in [0, 0.1) is 6.92 Å². The molecular weight excluding hydrogens is 440 g/mol. The molecular formula is C26H25ClN2O4. The summed E-state index contributed by atoms with van der Waals surface area (Å²) < 4.78 is 11.3. The van der Waals surface area contributed by atoms with Crippen molar-refractivity contribution in [2.24, 2.45) is 0 Å². The van der Waals surface area contributed by atoms with Crippen molar-refractivity contribution >= 4 is 34.8 Å². The number of benzene rings is 3. The minimum absolute atomic E-state index is 0.0315. The van der Waals surface area contributed by atoms with E-state index in [4.69, 9.17) is 21.1 Å². The van der Waals surface area contributed by atoms with E-state index in [1.54, 1.807) is 47.4 Å². The van der Waals surface area contributed by atoms with Gasteiger partial charge in [0.25, 0.3) is 5.91 Å². The molecule has 0 bridgehead atoms. The summed E-state index contributed by atoms with van der Waals surface area (Å²) in [4.78, 5) is 26.6. The molecule has 0 fully saturated rings. The fourth-order valence-electron chi connectivity index (χ4n) is 3.55. The summed E-state index contributed by atoms with van der Waals surface area (Å²) in [5.74, 6) is 1.02. The lowest BCUT2D eigenvalue weighted by Crippen LogP contribution is -2.41. The van der Waals surface area contributed by atoms with E-state index in [0.717, 1.165) is 5.56 Å². The van der Waals surface area contributed by atoms with Crippen LogP contribution in [0.15, 0.2) is 66.7 Å². The van der Waals surface area contributed by atoms with E-state index < -0.39 is 0 Å². The molecule has 3 aromatic rings. The Balaban J connectivity index is 1.37. The van der Waals surface area contributed by atoms with Crippen molar-refractivity contribution in [2.75, 3.05) is 30.0 Å². The number of anilines is 2. The molecule has 0 aliphatic carbocycles. The van der Waals surface area contributed by atoms with Crippen LogP contribution in [0.25, 0.3) is 0 Å². The smallest absolute Gasteiger partial charge is 0.265 e. The average Bonchev–Trinajstić information content (AvgIpc) is 2.81. The second-order valence-corrected chi connectivity index (χ2v) is 8.29. The number of ether oxygens (including phenoxy) is 2. The molecule has 33 heavy (non-hydrogen) atoms. The summed E-state index contributed by atoms with van der Waals surface area (Å²) >= 11 is 5.90. The van der Waals surface area contributed by atoms with Crippen molar-refractivity contribution in [1.82, 2.24) is 0 Å². The normalized spacial score (nSPS) is 12.7. The van der Waals surface area contributed by atoms with Gasteiger partial charge in [-0.1, -0.05) is 41.4 Å². The molecule has 2 amide bonds. The molecule has 3 aromatic carbocycles. The summed E-state index contributed by atoms with van der Waals surface area (Å²) in [6.07, 6.45) is 1.03. The number of nitrogens with one attached hydrogen (secondary N) is 1. The number of carbonyl (C=O) groups excluding carboxylic acids is 2. The van der Waals surface area contributed by atoms with Gasteiger partial charge in [-0.15, -0.1) is 0 Å². The second-order valence-electron chi connectivity index (χ2n) is 7.85. The molecule has 0 aromatic heterocycles. The maximum absolute atomic E-state index is 12.5. The zero-order chi connectivity index (χ0) is 23.2. The molecule has 0 atom stereocenters. The summed E-state index contributed by atoms with van der Waals surface area (Å²) in [6, 6.07) is 20.5. The van der Waals surface area contributed by atoms with Crippen LogP contribution in [0.1, 0.15) is 17.5 Å². The molecule has 170 valence electrons. The molecule has 7 heteroatoms. The zero-order valence-corrected chi connectivity index (χ0v) is 19.1. The Morgan fingerprint density at radius 1 is 1.09 bits per heavy atom. The molecule has 0 saturated carbocycles. The Bertz CT molecular complexity index is 1130. The highest BCUT2D eigenvalue weighted by atomic mass is 35.5. The predicted molar refractivity (Wildman–Crippen MR) is 129 cm³/mol. The van der Waals surface area contributed by atoms with Gasteiger partial charge in [-0.2, -0.15) is 0 Å². The number of carbonyl (C=O) groups is 2. The zero-order valence-electron chi connectivity index (χ0n) is 18.3. The first-order valence-corrected chi connectivity index (χ1v) is 11.2. The average molecular weight is 465 g/mol. The van der Waals surface area contributed by atoms with E-state index >= 15 is 0 Å². The van der Waals surface area contributed by atoms with Gasteiger partial charge < -0.3 is 19.7 Å². The SMILES string of the molecule is Cc1ccc(CCC(=O)Nc2ccc3c(c2)N(CCOc2ccc(Cl)cc2)C(=O)CO3)cc1. The van der Waals surface area contributed by atoms with Gasteiger partial charge in [-0.05, 0) is 61.4 Å². The lowest BCUT2D eigenvalue weighted by Gasteiger charge is -2.29. The van der Waals surface area contributed by atoms with Crippen LogP contribution in [0.5, 0.6) is 11.5 Å². The van der Waals surface area contributed by atoms with E-state index in [1.165, 1.54) is 5.56 Å². The number of nitrogens with zero attached hydrogens (tertiary/aromatic N) is 1. The van der Waals surface area contributed by atoms with Crippen LogP contribution in [-0.4, -0.2) is 31.6 Å². The first-order valence-electron chi connectivity index (χ1n) is 10.8. The number of fused-ring (bicyclic) bond motifs is 1. The van der Waals surface area contributed by atoms with Crippen molar-refractivity contribution in [1.29, 1.82) is 0 Å². The molecule has 0 radical (unpaired) electrons. The van der Waals surface area contributed by atoms with Crippen molar-refractivity contribution in [3.05, 3.63) is 82.9 Å². The first-order chi connectivity index (χ1) is 16.0. The lowest BCUT2D eigenvalue weighted by atomic mass is 10.1. The molecule has 6 nitrogen and oxygen atoms in total. The molecule has 1 N–H and O–H groups in total. The molecule has 0 unspecified atom stereocenters. The monoisotopic (exact) mass is 464 g/mol. The van der Waals surface area contributed by atoms with E-state index in [1.807, 2.05) is 31.2 Å². The number of amides is 2. The Kier molecular flexibility index (Phi) is 7.15. The highest BCUT2D eigenvalue weighted by molar-refractivity contribution is 6.30. The molecule has 0 spiro atoms. The molecule has 1 aliphatic heterocycles. The number of hydrogen-bond acceptors (Lipinski definition) is 4. The van der Waals surface area contributed by atoms with Crippen LogP contribution in [-0.2, 0) is 16.0 Å². The topological polar surface area (TPSA) is 67.9 Å². The van der Waals surface area contributed by atoms with Crippen LogP contribution < -0.4 is 19.7 Å².